The Labute approximate surface area is 164 Å². The Morgan fingerprint density at radius 3 is 2.54 bits per heavy atom. The third-order valence-corrected chi connectivity index (χ3v) is 4.56. The third-order valence-electron chi connectivity index (χ3n) is 4.56. The molecule has 2 aromatic heterocycles. The molecule has 0 atom stereocenters. The fourth-order valence-electron chi connectivity index (χ4n) is 3.01. The Morgan fingerprint density at radius 2 is 1.89 bits per heavy atom. The van der Waals surface area contributed by atoms with E-state index in [0.29, 0.717) is 25.2 Å². The van der Waals surface area contributed by atoms with Gasteiger partial charge in [-0.2, -0.15) is 0 Å². The van der Waals surface area contributed by atoms with E-state index in [1.54, 1.807) is 25.1 Å². The van der Waals surface area contributed by atoms with Gasteiger partial charge < -0.3 is 5.73 Å². The van der Waals surface area contributed by atoms with Gasteiger partial charge in [0.1, 0.15) is 11.5 Å². The Morgan fingerprint density at radius 1 is 1.18 bits per heavy atom. The number of H-pyrrole nitrogens is 1. The maximum Gasteiger partial charge on any atom is 0.330 e. The molecule has 0 aliphatic heterocycles. The van der Waals surface area contributed by atoms with Crippen molar-refractivity contribution in [1.29, 1.82) is 0 Å². The number of rotatable bonds is 9. The standard InChI is InChI=1S/C20H29N5O3/c1-4-6-8-13-24(19(27)15-11-9-10-14(3)22-15)16-17(21)25(12-7-5-2)20(28)23-18(16)26/h9-11H,4-8,12-13,21H2,1-3H3,(H,23,26,28). The number of hydrogen-bond donors (Lipinski definition) is 2. The van der Waals surface area contributed by atoms with Gasteiger partial charge >= 0.3 is 5.69 Å². The number of aryl methyl sites for hydroxylation is 1. The van der Waals surface area contributed by atoms with Crippen molar-refractivity contribution in [3.63, 3.8) is 0 Å². The summed E-state index contributed by atoms with van der Waals surface area (Å²) in [6.45, 7) is 6.55. The maximum atomic E-state index is 13.2. The fraction of sp³-hybridized carbons (Fsp3) is 0.500. The number of nitrogens with one attached hydrogen (secondary N) is 1. The van der Waals surface area contributed by atoms with Gasteiger partial charge in [0.25, 0.3) is 11.5 Å². The van der Waals surface area contributed by atoms with Crippen LogP contribution >= 0.6 is 0 Å². The molecule has 0 saturated heterocycles. The molecule has 0 saturated carbocycles. The van der Waals surface area contributed by atoms with Crippen LogP contribution < -0.4 is 21.9 Å². The van der Waals surface area contributed by atoms with Crippen LogP contribution in [0.1, 0.15) is 62.1 Å². The SMILES string of the molecule is CCCCCN(C(=O)c1cccc(C)n1)c1c(N)n(CCCC)c(=O)[nH]c1=O. The van der Waals surface area contributed by atoms with Crippen LogP contribution in [0, 0.1) is 6.92 Å². The average Bonchev–Trinajstić information content (AvgIpc) is 2.66. The smallest absolute Gasteiger partial charge is 0.330 e. The minimum absolute atomic E-state index is 0.0136. The zero-order valence-corrected chi connectivity index (χ0v) is 16.8. The number of aromatic nitrogens is 3. The first-order valence-electron chi connectivity index (χ1n) is 9.78. The van der Waals surface area contributed by atoms with Crippen molar-refractivity contribution in [2.75, 3.05) is 17.2 Å². The number of carbonyl (C=O) groups excluding carboxylic acids is 1. The van der Waals surface area contributed by atoms with Crippen LogP contribution in [0.4, 0.5) is 11.5 Å². The molecule has 0 fully saturated rings. The minimum Gasteiger partial charge on any atom is -0.383 e. The molecule has 0 aliphatic carbocycles. The zero-order valence-electron chi connectivity index (χ0n) is 16.8. The van der Waals surface area contributed by atoms with E-state index in [1.165, 1.54) is 9.47 Å². The van der Waals surface area contributed by atoms with E-state index in [9.17, 15) is 14.4 Å². The second kappa shape index (κ2) is 9.87. The molecule has 0 spiro atoms. The van der Waals surface area contributed by atoms with Crippen LogP contribution in [0.5, 0.6) is 0 Å². The number of unbranched alkanes of at least 4 members (excludes halogenated alkanes) is 3. The Hall–Kier alpha value is -2.90. The number of nitrogen functional groups attached to an aromatic ring is 1. The van der Waals surface area contributed by atoms with Crippen LogP contribution in [-0.4, -0.2) is 27.0 Å². The summed E-state index contributed by atoms with van der Waals surface area (Å²) < 4.78 is 1.32. The van der Waals surface area contributed by atoms with Crippen molar-refractivity contribution in [3.8, 4) is 0 Å². The molecule has 8 nitrogen and oxygen atoms in total. The van der Waals surface area contributed by atoms with Gasteiger partial charge in [0.05, 0.1) is 0 Å². The van der Waals surface area contributed by atoms with Crippen LogP contribution in [0.3, 0.4) is 0 Å². The molecule has 152 valence electrons. The van der Waals surface area contributed by atoms with Crippen LogP contribution in [0.15, 0.2) is 27.8 Å². The number of carbonyl (C=O) groups is 1. The predicted molar refractivity (Wildman–Crippen MR) is 111 cm³/mol. The Bertz CT molecular complexity index is 932. The first kappa shape index (κ1) is 21.4. The summed E-state index contributed by atoms with van der Waals surface area (Å²) in [5.41, 5.74) is 5.94. The number of anilines is 2. The van der Waals surface area contributed by atoms with Crippen molar-refractivity contribution in [3.05, 3.63) is 50.4 Å². The molecule has 2 rings (SSSR count). The molecule has 3 N–H and O–H groups in total. The summed E-state index contributed by atoms with van der Waals surface area (Å²) in [6, 6.07) is 5.15. The van der Waals surface area contributed by atoms with Gasteiger partial charge in [-0.05, 0) is 31.9 Å². The lowest BCUT2D eigenvalue weighted by Gasteiger charge is -2.24. The van der Waals surface area contributed by atoms with Gasteiger partial charge in [0.2, 0.25) is 0 Å². The van der Waals surface area contributed by atoms with Crippen molar-refractivity contribution in [1.82, 2.24) is 14.5 Å². The molecule has 0 aliphatic rings. The second-order valence-electron chi connectivity index (χ2n) is 6.83. The predicted octanol–water partition coefficient (Wildman–Crippen LogP) is 2.46. The highest BCUT2D eigenvalue weighted by Crippen LogP contribution is 2.20. The van der Waals surface area contributed by atoms with Gasteiger partial charge in [-0.1, -0.05) is 39.2 Å². The van der Waals surface area contributed by atoms with Crippen LogP contribution in [0.25, 0.3) is 0 Å². The van der Waals surface area contributed by atoms with Gasteiger partial charge in [0.15, 0.2) is 5.69 Å². The molecular weight excluding hydrogens is 358 g/mol. The molecule has 2 aromatic rings. The van der Waals surface area contributed by atoms with E-state index < -0.39 is 17.2 Å². The number of hydrogen-bond acceptors (Lipinski definition) is 5. The first-order chi connectivity index (χ1) is 13.4. The molecule has 2 heterocycles. The zero-order chi connectivity index (χ0) is 20.7. The molecule has 0 bridgehead atoms. The van der Waals surface area contributed by atoms with E-state index in [-0.39, 0.29) is 17.2 Å². The van der Waals surface area contributed by atoms with E-state index in [1.807, 2.05) is 6.92 Å². The summed E-state index contributed by atoms with van der Waals surface area (Å²) >= 11 is 0. The van der Waals surface area contributed by atoms with E-state index >= 15 is 0 Å². The van der Waals surface area contributed by atoms with Gasteiger partial charge in [-0.15, -0.1) is 0 Å². The minimum atomic E-state index is -0.659. The molecule has 0 radical (unpaired) electrons. The second-order valence-corrected chi connectivity index (χ2v) is 6.83. The summed E-state index contributed by atoms with van der Waals surface area (Å²) in [7, 11) is 0. The first-order valence-corrected chi connectivity index (χ1v) is 9.78. The number of amides is 1. The molecular formula is C20H29N5O3. The lowest BCUT2D eigenvalue weighted by molar-refractivity contribution is 0.0981. The van der Waals surface area contributed by atoms with Crippen molar-refractivity contribution in [2.24, 2.45) is 0 Å². The molecule has 28 heavy (non-hydrogen) atoms. The number of aromatic amines is 1. The lowest BCUT2D eigenvalue weighted by atomic mass is 10.2. The average molecular weight is 387 g/mol. The normalized spacial score (nSPS) is 10.8. The van der Waals surface area contributed by atoms with Crippen LogP contribution in [0.2, 0.25) is 0 Å². The number of nitrogens with two attached hydrogens (primary N) is 1. The number of nitrogens with zero attached hydrogens (tertiary/aromatic N) is 3. The highest BCUT2D eigenvalue weighted by molar-refractivity contribution is 6.06. The van der Waals surface area contributed by atoms with Crippen molar-refractivity contribution < 1.29 is 4.79 Å². The van der Waals surface area contributed by atoms with Crippen molar-refractivity contribution >= 4 is 17.4 Å². The Balaban J connectivity index is 2.55. The number of pyridine rings is 1. The molecule has 0 aromatic carbocycles. The quantitative estimate of drug-likeness (QED) is 0.642. The van der Waals surface area contributed by atoms with Crippen LogP contribution in [-0.2, 0) is 6.54 Å². The maximum absolute atomic E-state index is 13.2. The summed E-state index contributed by atoms with van der Waals surface area (Å²) in [4.78, 5) is 45.9. The lowest BCUT2D eigenvalue weighted by Crippen LogP contribution is -2.42. The molecule has 0 unspecified atom stereocenters. The molecule has 8 heteroatoms. The topological polar surface area (TPSA) is 114 Å². The fourth-order valence-corrected chi connectivity index (χ4v) is 3.01. The van der Waals surface area contributed by atoms with E-state index in [2.05, 4.69) is 16.9 Å². The van der Waals surface area contributed by atoms with E-state index in [4.69, 9.17) is 5.73 Å². The Kier molecular flexibility index (Phi) is 7.54. The summed E-state index contributed by atoms with van der Waals surface area (Å²) in [6.07, 6.45) is 4.18. The monoisotopic (exact) mass is 387 g/mol. The summed E-state index contributed by atoms with van der Waals surface area (Å²) in [5, 5.41) is 0. The van der Waals surface area contributed by atoms with E-state index in [0.717, 1.165) is 25.7 Å². The third kappa shape index (κ3) is 4.88. The highest BCUT2D eigenvalue weighted by Gasteiger charge is 2.25. The summed E-state index contributed by atoms with van der Waals surface area (Å²) in [5.74, 6) is -0.391. The van der Waals surface area contributed by atoms with Crippen molar-refractivity contribution in [2.45, 2.75) is 59.4 Å². The van der Waals surface area contributed by atoms with Gasteiger partial charge in [-0.3, -0.25) is 24.0 Å². The highest BCUT2D eigenvalue weighted by atomic mass is 16.2. The van der Waals surface area contributed by atoms with Gasteiger partial charge in [-0.25, -0.2) is 9.78 Å². The largest absolute Gasteiger partial charge is 0.383 e. The van der Waals surface area contributed by atoms with Gasteiger partial charge in [0, 0.05) is 18.8 Å². The molecule has 1 amide bonds.